The number of carbonyl (C=O) groups is 2. The lowest BCUT2D eigenvalue weighted by molar-refractivity contribution is -0.153. The number of amides is 1. The number of aromatic nitrogens is 2. The quantitative estimate of drug-likeness (QED) is 0.642. The first-order chi connectivity index (χ1) is 13.9. The second-order valence-corrected chi connectivity index (χ2v) is 6.22. The van der Waals surface area contributed by atoms with Crippen molar-refractivity contribution in [2.45, 2.75) is 26.0 Å². The summed E-state index contributed by atoms with van der Waals surface area (Å²) in [7, 11) is 0. The van der Waals surface area contributed by atoms with Gasteiger partial charge in [-0.1, -0.05) is 18.2 Å². The van der Waals surface area contributed by atoms with E-state index >= 15 is 0 Å². The molecule has 1 atom stereocenters. The molecule has 0 saturated heterocycles. The number of ether oxygens (including phenoxy) is 1. The number of halogens is 2. The van der Waals surface area contributed by atoms with Crippen LogP contribution in [-0.4, -0.2) is 27.8 Å². The highest BCUT2D eigenvalue weighted by Gasteiger charge is 2.21. The maximum Gasteiger partial charge on any atom is 0.308 e. The van der Waals surface area contributed by atoms with Crippen molar-refractivity contribution in [2.24, 2.45) is 0 Å². The summed E-state index contributed by atoms with van der Waals surface area (Å²) in [6.45, 7) is 1.41. The Morgan fingerprint density at radius 2 is 1.83 bits per heavy atom. The number of carbonyl (C=O) groups excluding carboxylic acids is 2. The maximum absolute atomic E-state index is 13.6. The summed E-state index contributed by atoms with van der Waals surface area (Å²) < 4.78 is 33.7. The van der Waals surface area contributed by atoms with Crippen molar-refractivity contribution < 1.29 is 23.1 Å². The number of benzene rings is 2. The Kier molecular flexibility index (Phi) is 5.96. The highest BCUT2D eigenvalue weighted by atomic mass is 19.1. The third-order valence-electron chi connectivity index (χ3n) is 4.18. The van der Waals surface area contributed by atoms with Gasteiger partial charge in [-0.15, -0.1) is 0 Å². The van der Waals surface area contributed by atoms with Crippen LogP contribution in [0, 0.1) is 11.6 Å². The SMILES string of the molecule is C[C@H](OC(=O)CCn1ncc(=O)c2ccccc21)C(=O)Nc1c(F)cccc1F. The number of hydrogen-bond donors (Lipinski definition) is 1. The first kappa shape index (κ1) is 20.1. The number of esters is 1. The number of fused-ring (bicyclic) bond motifs is 1. The largest absolute Gasteiger partial charge is 0.452 e. The number of anilines is 1. The van der Waals surface area contributed by atoms with Gasteiger partial charge >= 0.3 is 5.97 Å². The van der Waals surface area contributed by atoms with Gasteiger partial charge in [0.05, 0.1) is 24.7 Å². The zero-order chi connectivity index (χ0) is 21.0. The van der Waals surface area contributed by atoms with Gasteiger partial charge in [0.15, 0.2) is 6.10 Å². The molecular weight excluding hydrogens is 384 g/mol. The molecule has 1 amide bonds. The van der Waals surface area contributed by atoms with Crippen molar-refractivity contribution in [1.82, 2.24) is 9.78 Å². The molecule has 0 radical (unpaired) electrons. The second kappa shape index (κ2) is 8.59. The summed E-state index contributed by atoms with van der Waals surface area (Å²) in [5.74, 6) is -3.44. The maximum atomic E-state index is 13.6. The summed E-state index contributed by atoms with van der Waals surface area (Å²) in [5.41, 5.74) is -0.275. The number of para-hydroxylation sites is 2. The molecule has 9 heteroatoms. The summed E-state index contributed by atoms with van der Waals surface area (Å²) in [5, 5.41) is 6.54. The molecule has 3 rings (SSSR count). The molecule has 0 spiro atoms. The van der Waals surface area contributed by atoms with E-state index in [1.807, 2.05) is 0 Å². The first-order valence-electron chi connectivity index (χ1n) is 8.76. The minimum absolute atomic E-state index is 0.120. The Morgan fingerprint density at radius 3 is 2.55 bits per heavy atom. The predicted octanol–water partition coefficient (Wildman–Crippen LogP) is 2.64. The fraction of sp³-hybridized carbons (Fsp3) is 0.200. The van der Waals surface area contributed by atoms with E-state index in [0.717, 1.165) is 18.3 Å². The lowest BCUT2D eigenvalue weighted by Crippen LogP contribution is -2.31. The molecule has 0 unspecified atom stereocenters. The van der Waals surface area contributed by atoms with Crippen LogP contribution in [0.1, 0.15) is 13.3 Å². The molecule has 3 aromatic rings. The Hall–Kier alpha value is -3.62. The van der Waals surface area contributed by atoms with Crippen molar-refractivity contribution in [3.63, 3.8) is 0 Å². The molecule has 0 aliphatic carbocycles. The fourth-order valence-electron chi connectivity index (χ4n) is 2.69. The second-order valence-electron chi connectivity index (χ2n) is 6.22. The van der Waals surface area contributed by atoms with Gasteiger partial charge in [-0.25, -0.2) is 8.78 Å². The summed E-state index contributed by atoms with van der Waals surface area (Å²) in [6.07, 6.45) is -0.224. The standard InChI is InChI=1S/C20H17F2N3O4/c1-12(20(28)24-19-14(21)6-4-7-15(19)22)29-18(27)9-10-25-16-8-3-2-5-13(16)17(26)11-23-25/h2-8,11-12H,9-10H2,1H3,(H,24,28)/t12-/m0/s1. The van der Waals surface area contributed by atoms with Gasteiger partial charge in [0.2, 0.25) is 5.43 Å². The Balaban J connectivity index is 1.60. The van der Waals surface area contributed by atoms with Gasteiger partial charge in [0.25, 0.3) is 5.91 Å². The van der Waals surface area contributed by atoms with Crippen molar-refractivity contribution in [3.8, 4) is 0 Å². The van der Waals surface area contributed by atoms with Crippen LogP contribution in [0.15, 0.2) is 53.5 Å². The molecule has 0 aliphatic heterocycles. The number of nitrogens with zero attached hydrogens (tertiary/aromatic N) is 2. The Bertz CT molecular complexity index is 1110. The number of aryl methyl sites for hydroxylation is 1. The fourth-order valence-corrected chi connectivity index (χ4v) is 2.69. The molecular formula is C20H17F2N3O4. The average Bonchev–Trinajstić information content (AvgIpc) is 2.70. The van der Waals surface area contributed by atoms with E-state index < -0.39 is 35.3 Å². The van der Waals surface area contributed by atoms with E-state index in [1.54, 1.807) is 24.3 Å². The van der Waals surface area contributed by atoms with E-state index in [9.17, 15) is 23.2 Å². The first-order valence-corrected chi connectivity index (χ1v) is 8.76. The summed E-state index contributed by atoms with van der Waals surface area (Å²) in [4.78, 5) is 36.0. The zero-order valence-corrected chi connectivity index (χ0v) is 15.4. The molecule has 0 fully saturated rings. The summed E-state index contributed by atoms with van der Waals surface area (Å²) >= 11 is 0. The minimum Gasteiger partial charge on any atom is -0.452 e. The van der Waals surface area contributed by atoms with Gasteiger partial charge in [0, 0.05) is 5.39 Å². The van der Waals surface area contributed by atoms with Gasteiger partial charge in [-0.3, -0.25) is 19.1 Å². The van der Waals surface area contributed by atoms with Crippen LogP contribution in [0.3, 0.4) is 0 Å². The molecule has 0 aliphatic rings. The topological polar surface area (TPSA) is 90.3 Å². The molecule has 0 saturated carbocycles. The highest BCUT2D eigenvalue weighted by molar-refractivity contribution is 5.95. The van der Waals surface area contributed by atoms with E-state index in [4.69, 9.17) is 4.74 Å². The summed E-state index contributed by atoms with van der Waals surface area (Å²) in [6, 6.07) is 9.98. The normalized spacial score (nSPS) is 11.8. The monoisotopic (exact) mass is 401 g/mol. The number of hydrogen-bond acceptors (Lipinski definition) is 5. The van der Waals surface area contributed by atoms with E-state index in [-0.39, 0.29) is 18.4 Å². The third kappa shape index (κ3) is 4.63. The Labute approximate surface area is 163 Å². The lowest BCUT2D eigenvalue weighted by Gasteiger charge is -2.15. The molecule has 1 N–H and O–H groups in total. The smallest absolute Gasteiger partial charge is 0.308 e. The lowest BCUT2D eigenvalue weighted by atomic mass is 10.2. The molecule has 29 heavy (non-hydrogen) atoms. The molecule has 2 aromatic carbocycles. The minimum atomic E-state index is -1.26. The highest BCUT2D eigenvalue weighted by Crippen LogP contribution is 2.18. The number of nitrogens with one attached hydrogen (secondary N) is 1. The van der Waals surface area contributed by atoms with Crippen LogP contribution < -0.4 is 10.7 Å². The van der Waals surface area contributed by atoms with Gasteiger partial charge in [0.1, 0.15) is 17.3 Å². The van der Waals surface area contributed by atoms with E-state index in [2.05, 4.69) is 10.4 Å². The van der Waals surface area contributed by atoms with Crippen molar-refractivity contribution in [3.05, 3.63) is 70.5 Å². The van der Waals surface area contributed by atoms with Crippen molar-refractivity contribution in [1.29, 1.82) is 0 Å². The van der Waals surface area contributed by atoms with Gasteiger partial charge < -0.3 is 10.1 Å². The van der Waals surface area contributed by atoms with Crippen molar-refractivity contribution >= 4 is 28.5 Å². The van der Waals surface area contributed by atoms with Crippen LogP contribution >= 0.6 is 0 Å². The van der Waals surface area contributed by atoms with Crippen LogP contribution in [0.2, 0.25) is 0 Å². The molecule has 150 valence electrons. The predicted molar refractivity (Wildman–Crippen MR) is 101 cm³/mol. The average molecular weight is 401 g/mol. The van der Waals surface area contributed by atoms with Crippen LogP contribution in [0.4, 0.5) is 14.5 Å². The zero-order valence-electron chi connectivity index (χ0n) is 15.4. The van der Waals surface area contributed by atoms with Gasteiger partial charge in [-0.2, -0.15) is 5.10 Å². The molecule has 0 bridgehead atoms. The van der Waals surface area contributed by atoms with Gasteiger partial charge in [-0.05, 0) is 31.2 Å². The molecule has 1 heterocycles. The number of rotatable bonds is 6. The van der Waals surface area contributed by atoms with Crippen molar-refractivity contribution in [2.75, 3.05) is 5.32 Å². The Morgan fingerprint density at radius 1 is 1.14 bits per heavy atom. The van der Waals surface area contributed by atoms with E-state index in [0.29, 0.717) is 10.9 Å². The third-order valence-corrected chi connectivity index (χ3v) is 4.18. The van der Waals surface area contributed by atoms with Crippen LogP contribution in [0.25, 0.3) is 10.9 Å². The van der Waals surface area contributed by atoms with Crippen LogP contribution in [-0.2, 0) is 20.9 Å². The molecule has 7 nitrogen and oxygen atoms in total. The molecule has 1 aromatic heterocycles. The van der Waals surface area contributed by atoms with E-state index in [1.165, 1.54) is 17.7 Å². The van der Waals surface area contributed by atoms with Crippen LogP contribution in [0.5, 0.6) is 0 Å².